The standard InChI is InChI=1S/C6H9ClO4/c1-2-5(8)10-3-4-11-6(7)9/h2-4H2,1H3. The molecule has 11 heavy (non-hydrogen) atoms. The molecule has 4 nitrogen and oxygen atoms in total. The highest BCUT2D eigenvalue weighted by atomic mass is 35.5. The van der Waals surface area contributed by atoms with Crippen LogP contribution >= 0.6 is 11.6 Å². The molecule has 0 spiro atoms. The van der Waals surface area contributed by atoms with Crippen LogP contribution < -0.4 is 0 Å². The Morgan fingerprint density at radius 3 is 2.27 bits per heavy atom. The van der Waals surface area contributed by atoms with Crippen LogP contribution in [0.3, 0.4) is 0 Å². The zero-order valence-electron chi connectivity index (χ0n) is 6.13. The molecular formula is C6H9ClO4. The molecule has 0 aromatic heterocycles. The quantitative estimate of drug-likeness (QED) is 0.372. The Kier molecular flexibility index (Phi) is 5.56. The van der Waals surface area contributed by atoms with Gasteiger partial charge in [-0.1, -0.05) is 6.92 Å². The number of esters is 1. The molecule has 0 aromatic carbocycles. The molecule has 0 radical (unpaired) electrons. The van der Waals surface area contributed by atoms with Crippen molar-refractivity contribution >= 4 is 23.0 Å². The summed E-state index contributed by atoms with van der Waals surface area (Å²) in [4.78, 5) is 20.4. The second-order valence-corrected chi connectivity index (χ2v) is 1.97. The van der Waals surface area contributed by atoms with Gasteiger partial charge < -0.3 is 9.47 Å². The molecule has 0 atom stereocenters. The van der Waals surface area contributed by atoms with E-state index < -0.39 is 5.43 Å². The van der Waals surface area contributed by atoms with E-state index in [0.717, 1.165) is 0 Å². The van der Waals surface area contributed by atoms with Crippen molar-refractivity contribution < 1.29 is 19.1 Å². The van der Waals surface area contributed by atoms with Crippen LogP contribution in [-0.2, 0) is 14.3 Å². The van der Waals surface area contributed by atoms with E-state index in [1.807, 2.05) is 0 Å². The smallest absolute Gasteiger partial charge is 0.403 e. The number of hydrogen-bond acceptors (Lipinski definition) is 4. The van der Waals surface area contributed by atoms with Crippen LogP contribution in [-0.4, -0.2) is 24.6 Å². The summed E-state index contributed by atoms with van der Waals surface area (Å²) in [5.74, 6) is -0.323. The Bertz CT molecular complexity index is 146. The van der Waals surface area contributed by atoms with E-state index in [2.05, 4.69) is 9.47 Å². The van der Waals surface area contributed by atoms with Crippen molar-refractivity contribution in [2.75, 3.05) is 13.2 Å². The molecule has 0 saturated heterocycles. The van der Waals surface area contributed by atoms with Gasteiger partial charge in [0.1, 0.15) is 13.2 Å². The zero-order chi connectivity index (χ0) is 8.69. The summed E-state index contributed by atoms with van der Waals surface area (Å²) in [7, 11) is 0. The molecule has 0 heterocycles. The maximum atomic E-state index is 10.5. The molecule has 0 N–H and O–H groups in total. The summed E-state index contributed by atoms with van der Waals surface area (Å²) in [6.07, 6.45) is 0.314. The highest BCUT2D eigenvalue weighted by Gasteiger charge is 1.98. The van der Waals surface area contributed by atoms with Crippen LogP contribution in [0.25, 0.3) is 0 Å². The molecular weight excluding hydrogens is 172 g/mol. The fourth-order valence-corrected chi connectivity index (χ4v) is 0.457. The van der Waals surface area contributed by atoms with E-state index in [-0.39, 0.29) is 19.2 Å². The summed E-state index contributed by atoms with van der Waals surface area (Å²) in [5.41, 5.74) is -0.891. The second-order valence-electron chi connectivity index (χ2n) is 1.66. The lowest BCUT2D eigenvalue weighted by atomic mass is 10.5. The Morgan fingerprint density at radius 1 is 1.27 bits per heavy atom. The minimum atomic E-state index is -0.891. The predicted molar refractivity (Wildman–Crippen MR) is 38.5 cm³/mol. The van der Waals surface area contributed by atoms with Gasteiger partial charge in [0, 0.05) is 18.0 Å². The normalized spacial score (nSPS) is 8.91. The third kappa shape index (κ3) is 7.12. The van der Waals surface area contributed by atoms with Crippen LogP contribution in [0.4, 0.5) is 4.79 Å². The lowest BCUT2D eigenvalue weighted by molar-refractivity contribution is -0.144. The van der Waals surface area contributed by atoms with Crippen LogP contribution in [0.1, 0.15) is 13.3 Å². The van der Waals surface area contributed by atoms with E-state index in [1.54, 1.807) is 6.92 Å². The average molecular weight is 181 g/mol. The first-order chi connectivity index (χ1) is 5.16. The van der Waals surface area contributed by atoms with E-state index in [0.29, 0.717) is 6.42 Å². The molecule has 0 amide bonds. The van der Waals surface area contributed by atoms with Crippen molar-refractivity contribution in [2.45, 2.75) is 13.3 Å². The monoisotopic (exact) mass is 180 g/mol. The molecule has 0 aliphatic heterocycles. The van der Waals surface area contributed by atoms with Gasteiger partial charge in [-0.05, 0) is 0 Å². The van der Waals surface area contributed by atoms with Gasteiger partial charge >= 0.3 is 11.4 Å². The highest BCUT2D eigenvalue weighted by molar-refractivity contribution is 6.61. The summed E-state index contributed by atoms with van der Waals surface area (Å²) in [6, 6.07) is 0. The topological polar surface area (TPSA) is 52.6 Å². The first-order valence-corrected chi connectivity index (χ1v) is 3.52. The number of ether oxygens (including phenoxy) is 2. The van der Waals surface area contributed by atoms with E-state index >= 15 is 0 Å². The third-order valence-corrected chi connectivity index (χ3v) is 0.960. The van der Waals surface area contributed by atoms with Crippen molar-refractivity contribution in [1.29, 1.82) is 0 Å². The van der Waals surface area contributed by atoms with E-state index in [9.17, 15) is 9.59 Å². The Labute approximate surface area is 69.4 Å². The van der Waals surface area contributed by atoms with Gasteiger partial charge in [0.2, 0.25) is 0 Å². The van der Waals surface area contributed by atoms with Gasteiger partial charge in [0.05, 0.1) is 0 Å². The van der Waals surface area contributed by atoms with Gasteiger partial charge in [-0.25, -0.2) is 4.79 Å². The summed E-state index contributed by atoms with van der Waals surface area (Å²) in [5, 5.41) is 0. The van der Waals surface area contributed by atoms with Gasteiger partial charge in [0.15, 0.2) is 0 Å². The first kappa shape index (κ1) is 10.2. The maximum absolute atomic E-state index is 10.5. The van der Waals surface area contributed by atoms with Gasteiger partial charge in [-0.2, -0.15) is 0 Å². The molecule has 0 rings (SSSR count). The molecule has 0 unspecified atom stereocenters. The van der Waals surface area contributed by atoms with Crippen LogP contribution in [0.5, 0.6) is 0 Å². The number of carbonyl (C=O) groups excluding carboxylic acids is 2. The van der Waals surface area contributed by atoms with Crippen molar-refractivity contribution in [1.82, 2.24) is 0 Å². The van der Waals surface area contributed by atoms with Crippen molar-refractivity contribution in [3.05, 3.63) is 0 Å². The Morgan fingerprint density at radius 2 is 1.82 bits per heavy atom. The van der Waals surface area contributed by atoms with Crippen LogP contribution in [0.2, 0.25) is 0 Å². The van der Waals surface area contributed by atoms with Crippen molar-refractivity contribution in [3.8, 4) is 0 Å². The maximum Gasteiger partial charge on any atom is 0.403 e. The molecule has 64 valence electrons. The van der Waals surface area contributed by atoms with Gasteiger partial charge in [0.25, 0.3) is 0 Å². The zero-order valence-corrected chi connectivity index (χ0v) is 6.89. The van der Waals surface area contributed by atoms with E-state index in [4.69, 9.17) is 11.6 Å². The predicted octanol–water partition coefficient (Wildman–Crippen LogP) is 1.31. The number of carbonyl (C=O) groups is 2. The van der Waals surface area contributed by atoms with Crippen LogP contribution in [0.15, 0.2) is 0 Å². The van der Waals surface area contributed by atoms with Crippen molar-refractivity contribution in [3.63, 3.8) is 0 Å². The largest absolute Gasteiger partial charge is 0.462 e. The van der Waals surface area contributed by atoms with E-state index in [1.165, 1.54) is 0 Å². The molecule has 0 aliphatic rings. The second kappa shape index (κ2) is 5.97. The lowest BCUT2D eigenvalue weighted by Gasteiger charge is -2.01. The van der Waals surface area contributed by atoms with Gasteiger partial charge in [-0.15, -0.1) is 0 Å². The Hall–Kier alpha value is -0.770. The SMILES string of the molecule is CCC(=O)OCCOC(=O)Cl. The summed E-state index contributed by atoms with van der Waals surface area (Å²) >= 11 is 4.83. The molecule has 0 saturated carbocycles. The molecule has 0 aliphatic carbocycles. The number of hydrogen-bond donors (Lipinski definition) is 0. The highest BCUT2D eigenvalue weighted by Crippen LogP contribution is 1.88. The van der Waals surface area contributed by atoms with Crippen molar-refractivity contribution in [2.24, 2.45) is 0 Å². The number of halogens is 1. The first-order valence-electron chi connectivity index (χ1n) is 3.14. The summed E-state index contributed by atoms with van der Waals surface area (Å²) < 4.78 is 8.85. The van der Waals surface area contributed by atoms with Gasteiger partial charge in [-0.3, -0.25) is 4.79 Å². The Balaban J connectivity index is 3.14. The fourth-order valence-electron chi connectivity index (χ4n) is 0.379. The minimum Gasteiger partial charge on any atom is -0.462 e. The molecule has 0 bridgehead atoms. The molecule has 0 aromatic rings. The average Bonchev–Trinajstić information content (AvgIpc) is 1.97. The fraction of sp³-hybridized carbons (Fsp3) is 0.667. The third-order valence-electron chi connectivity index (χ3n) is 0.851. The minimum absolute atomic E-state index is 0.00801. The lowest BCUT2D eigenvalue weighted by Crippen LogP contribution is -2.10. The molecule has 0 fully saturated rings. The summed E-state index contributed by atoms with van der Waals surface area (Å²) in [6.45, 7) is 1.75. The van der Waals surface area contributed by atoms with Crippen LogP contribution in [0, 0.1) is 0 Å². The molecule has 5 heteroatoms. The number of rotatable bonds is 4.